The third-order valence-electron chi connectivity index (χ3n) is 3.10. The molecule has 1 fully saturated rings. The molecule has 2 rings (SSSR count). The molecule has 96 valence electrons. The smallest absolute Gasteiger partial charge is 0.195 e. The van der Waals surface area contributed by atoms with Gasteiger partial charge in [-0.15, -0.1) is 0 Å². The van der Waals surface area contributed by atoms with Crippen LogP contribution in [0.2, 0.25) is 0 Å². The van der Waals surface area contributed by atoms with Crippen LogP contribution in [0.3, 0.4) is 0 Å². The summed E-state index contributed by atoms with van der Waals surface area (Å²) in [6.45, 7) is 0.624. The highest BCUT2D eigenvalue weighted by molar-refractivity contribution is 7.92. The van der Waals surface area contributed by atoms with Crippen molar-refractivity contribution in [3.63, 3.8) is 0 Å². The van der Waals surface area contributed by atoms with Gasteiger partial charge in [-0.1, -0.05) is 0 Å². The SMILES string of the molecule is NCCCc1coc(CC2CCCS2(=O)=O)n1. The third-order valence-corrected chi connectivity index (χ3v) is 5.38. The van der Waals surface area contributed by atoms with Crippen molar-refractivity contribution in [2.24, 2.45) is 5.73 Å². The molecule has 0 aliphatic carbocycles. The lowest BCUT2D eigenvalue weighted by molar-refractivity contribution is 0.482. The predicted molar refractivity (Wildman–Crippen MR) is 64.4 cm³/mol. The van der Waals surface area contributed by atoms with E-state index in [4.69, 9.17) is 10.2 Å². The molecule has 1 aliphatic heterocycles. The molecule has 0 spiro atoms. The van der Waals surface area contributed by atoms with E-state index in [2.05, 4.69) is 4.98 Å². The molecule has 2 heterocycles. The Morgan fingerprint density at radius 2 is 2.35 bits per heavy atom. The van der Waals surface area contributed by atoms with Crippen LogP contribution in [0.25, 0.3) is 0 Å². The molecule has 0 amide bonds. The first kappa shape index (κ1) is 12.6. The van der Waals surface area contributed by atoms with Crippen LogP contribution in [-0.4, -0.2) is 30.9 Å². The number of hydrogen-bond acceptors (Lipinski definition) is 5. The van der Waals surface area contributed by atoms with Crippen molar-refractivity contribution in [1.29, 1.82) is 0 Å². The standard InChI is InChI=1S/C11H18N2O3S/c12-5-1-3-9-8-16-11(13-9)7-10-4-2-6-17(10,14)15/h8,10H,1-7,12H2. The second kappa shape index (κ2) is 5.18. The second-order valence-electron chi connectivity index (χ2n) is 4.46. The molecule has 1 aliphatic rings. The van der Waals surface area contributed by atoms with E-state index < -0.39 is 9.84 Å². The molecule has 1 unspecified atom stereocenters. The molecule has 0 aromatic carbocycles. The third kappa shape index (κ3) is 3.07. The van der Waals surface area contributed by atoms with Crippen molar-refractivity contribution in [3.05, 3.63) is 17.8 Å². The highest BCUT2D eigenvalue weighted by Crippen LogP contribution is 2.23. The fourth-order valence-electron chi connectivity index (χ4n) is 2.12. The summed E-state index contributed by atoms with van der Waals surface area (Å²) in [5.74, 6) is 0.839. The summed E-state index contributed by atoms with van der Waals surface area (Å²) in [7, 11) is -2.91. The minimum atomic E-state index is -2.91. The molecular weight excluding hydrogens is 240 g/mol. The molecule has 1 saturated heterocycles. The van der Waals surface area contributed by atoms with Gasteiger partial charge in [-0.05, 0) is 32.2 Å². The Balaban J connectivity index is 1.97. The molecule has 0 radical (unpaired) electrons. The first-order valence-electron chi connectivity index (χ1n) is 5.97. The normalized spacial score (nSPS) is 23.0. The fourth-order valence-corrected chi connectivity index (χ4v) is 3.95. The fraction of sp³-hybridized carbons (Fsp3) is 0.727. The summed E-state index contributed by atoms with van der Waals surface area (Å²) in [4.78, 5) is 4.29. The average Bonchev–Trinajstić information content (AvgIpc) is 2.84. The monoisotopic (exact) mass is 258 g/mol. The van der Waals surface area contributed by atoms with E-state index in [1.165, 1.54) is 0 Å². The highest BCUT2D eigenvalue weighted by atomic mass is 32.2. The summed E-state index contributed by atoms with van der Waals surface area (Å²) in [6, 6.07) is 0. The Kier molecular flexibility index (Phi) is 3.83. The minimum absolute atomic E-state index is 0.302. The zero-order valence-electron chi connectivity index (χ0n) is 9.76. The van der Waals surface area contributed by atoms with Crippen molar-refractivity contribution >= 4 is 9.84 Å². The maximum absolute atomic E-state index is 11.7. The van der Waals surface area contributed by atoms with Crippen LogP contribution in [0.1, 0.15) is 30.8 Å². The quantitative estimate of drug-likeness (QED) is 0.839. The molecule has 6 heteroatoms. The first-order valence-corrected chi connectivity index (χ1v) is 7.68. The van der Waals surface area contributed by atoms with E-state index in [1.807, 2.05) is 0 Å². The van der Waals surface area contributed by atoms with Crippen molar-refractivity contribution in [1.82, 2.24) is 4.98 Å². The Bertz CT molecular complexity index is 467. The van der Waals surface area contributed by atoms with Crippen LogP contribution in [0.5, 0.6) is 0 Å². The molecule has 0 bridgehead atoms. The largest absolute Gasteiger partial charge is 0.449 e. The average molecular weight is 258 g/mol. The second-order valence-corrected chi connectivity index (χ2v) is 6.86. The highest BCUT2D eigenvalue weighted by Gasteiger charge is 2.32. The van der Waals surface area contributed by atoms with Crippen LogP contribution in [-0.2, 0) is 22.7 Å². The number of nitrogens with two attached hydrogens (primary N) is 1. The van der Waals surface area contributed by atoms with Crippen LogP contribution in [0.4, 0.5) is 0 Å². The van der Waals surface area contributed by atoms with Crippen molar-refractivity contribution in [2.75, 3.05) is 12.3 Å². The van der Waals surface area contributed by atoms with Gasteiger partial charge in [0, 0.05) is 6.42 Å². The van der Waals surface area contributed by atoms with E-state index in [-0.39, 0.29) is 5.25 Å². The minimum Gasteiger partial charge on any atom is -0.449 e. The lowest BCUT2D eigenvalue weighted by Crippen LogP contribution is -2.18. The number of rotatable bonds is 5. The predicted octanol–water partition coefficient (Wildman–Crippen LogP) is 0.686. The van der Waals surface area contributed by atoms with Crippen molar-refractivity contribution < 1.29 is 12.8 Å². The maximum Gasteiger partial charge on any atom is 0.195 e. The van der Waals surface area contributed by atoms with Gasteiger partial charge in [0.05, 0.1) is 16.7 Å². The Hall–Kier alpha value is -0.880. The van der Waals surface area contributed by atoms with Gasteiger partial charge in [0.2, 0.25) is 0 Å². The summed E-state index contributed by atoms with van der Waals surface area (Å²) >= 11 is 0. The molecule has 1 aromatic heterocycles. The van der Waals surface area contributed by atoms with Crippen LogP contribution in [0.15, 0.2) is 10.7 Å². The van der Waals surface area contributed by atoms with Gasteiger partial charge in [0.25, 0.3) is 0 Å². The van der Waals surface area contributed by atoms with Gasteiger partial charge >= 0.3 is 0 Å². The summed E-state index contributed by atoms with van der Waals surface area (Å²) < 4.78 is 28.6. The molecule has 2 N–H and O–H groups in total. The summed E-state index contributed by atoms with van der Waals surface area (Å²) in [5.41, 5.74) is 6.27. The molecule has 0 saturated carbocycles. The molecule has 1 aromatic rings. The van der Waals surface area contributed by atoms with E-state index in [9.17, 15) is 8.42 Å². The van der Waals surface area contributed by atoms with Gasteiger partial charge in [0.15, 0.2) is 15.7 Å². The Labute approximate surface area is 101 Å². The van der Waals surface area contributed by atoms with Gasteiger partial charge < -0.3 is 10.2 Å². The number of nitrogens with zero attached hydrogens (tertiary/aromatic N) is 1. The van der Waals surface area contributed by atoms with Gasteiger partial charge in [0.1, 0.15) is 6.26 Å². The molecular formula is C11H18N2O3S. The number of hydrogen-bond donors (Lipinski definition) is 1. The number of oxazole rings is 1. The van der Waals surface area contributed by atoms with E-state index in [0.717, 1.165) is 31.4 Å². The molecule has 17 heavy (non-hydrogen) atoms. The van der Waals surface area contributed by atoms with E-state index >= 15 is 0 Å². The van der Waals surface area contributed by atoms with Crippen molar-refractivity contribution in [3.8, 4) is 0 Å². The molecule has 5 nitrogen and oxygen atoms in total. The van der Waals surface area contributed by atoms with Crippen LogP contribution in [0, 0.1) is 0 Å². The summed E-state index contributed by atoms with van der Waals surface area (Å²) in [6.07, 6.45) is 5.15. The van der Waals surface area contributed by atoms with E-state index in [0.29, 0.717) is 24.6 Å². The Morgan fingerprint density at radius 1 is 1.53 bits per heavy atom. The Morgan fingerprint density at radius 3 is 3.00 bits per heavy atom. The van der Waals surface area contributed by atoms with Crippen LogP contribution < -0.4 is 5.73 Å². The lowest BCUT2D eigenvalue weighted by Gasteiger charge is -2.04. The zero-order valence-corrected chi connectivity index (χ0v) is 10.6. The number of sulfone groups is 1. The van der Waals surface area contributed by atoms with Crippen LogP contribution >= 0.6 is 0 Å². The zero-order chi connectivity index (χ0) is 12.3. The lowest BCUT2D eigenvalue weighted by atomic mass is 10.2. The van der Waals surface area contributed by atoms with Crippen molar-refractivity contribution in [2.45, 2.75) is 37.4 Å². The number of aryl methyl sites for hydroxylation is 1. The van der Waals surface area contributed by atoms with Gasteiger partial charge in [-0.3, -0.25) is 0 Å². The van der Waals surface area contributed by atoms with E-state index in [1.54, 1.807) is 6.26 Å². The molecule has 1 atom stereocenters. The number of aromatic nitrogens is 1. The topological polar surface area (TPSA) is 86.2 Å². The first-order chi connectivity index (χ1) is 8.12. The van der Waals surface area contributed by atoms with Gasteiger partial charge in [-0.25, -0.2) is 13.4 Å². The van der Waals surface area contributed by atoms with Gasteiger partial charge in [-0.2, -0.15) is 0 Å². The maximum atomic E-state index is 11.7. The summed E-state index contributed by atoms with van der Waals surface area (Å²) in [5, 5.41) is -0.302.